The molecule has 0 fully saturated rings. The van der Waals surface area contributed by atoms with E-state index < -0.39 is 35.9 Å². The summed E-state index contributed by atoms with van der Waals surface area (Å²) in [5.74, 6) is -3.31. The molecule has 19 heavy (non-hydrogen) atoms. The number of esters is 1. The van der Waals surface area contributed by atoms with Gasteiger partial charge >= 0.3 is 5.97 Å². The molecule has 0 saturated heterocycles. The summed E-state index contributed by atoms with van der Waals surface area (Å²) in [6, 6.07) is 1.04. The van der Waals surface area contributed by atoms with E-state index in [0.29, 0.717) is 0 Å². The topological polar surface area (TPSA) is 73.3 Å². The van der Waals surface area contributed by atoms with E-state index in [1.54, 1.807) is 0 Å². The van der Waals surface area contributed by atoms with Crippen molar-refractivity contribution in [2.45, 2.75) is 20.8 Å². The zero-order valence-corrected chi connectivity index (χ0v) is 10.9. The van der Waals surface area contributed by atoms with Crippen LogP contribution in [0.2, 0.25) is 0 Å². The van der Waals surface area contributed by atoms with Crippen LogP contribution in [0.3, 0.4) is 0 Å². The Labute approximate surface area is 109 Å². The monoisotopic (exact) mass is 267 g/mol. The molecule has 1 unspecified atom stereocenters. The summed E-state index contributed by atoms with van der Waals surface area (Å²) in [6.07, 6.45) is 1.22. The fourth-order valence-corrected chi connectivity index (χ4v) is 1.33. The highest BCUT2D eigenvalue weighted by molar-refractivity contribution is 6.10. The second-order valence-corrected chi connectivity index (χ2v) is 4.12. The Balaban J connectivity index is 2.78. The third-order valence-corrected chi connectivity index (χ3v) is 2.60. The maximum absolute atomic E-state index is 13.3. The van der Waals surface area contributed by atoms with E-state index in [1.165, 1.54) is 27.0 Å². The molecule has 0 bridgehead atoms. The summed E-state index contributed by atoms with van der Waals surface area (Å²) in [4.78, 5) is 37.8. The number of ketones is 2. The zero-order valence-electron chi connectivity index (χ0n) is 10.9. The van der Waals surface area contributed by atoms with E-state index in [9.17, 15) is 18.8 Å². The van der Waals surface area contributed by atoms with E-state index in [2.05, 4.69) is 9.72 Å². The van der Waals surface area contributed by atoms with Crippen LogP contribution in [0.5, 0.6) is 0 Å². The summed E-state index contributed by atoms with van der Waals surface area (Å²) in [5, 5.41) is 0. The van der Waals surface area contributed by atoms with Gasteiger partial charge in [0.15, 0.2) is 18.2 Å². The first-order valence-corrected chi connectivity index (χ1v) is 5.65. The Bertz CT molecular complexity index is 527. The predicted octanol–water partition coefficient (Wildman–Crippen LogP) is 1.48. The van der Waals surface area contributed by atoms with Gasteiger partial charge in [-0.15, -0.1) is 0 Å². The highest BCUT2D eigenvalue weighted by atomic mass is 19.1. The summed E-state index contributed by atoms with van der Waals surface area (Å²) >= 11 is 0. The molecule has 1 rings (SSSR count). The number of carbonyl (C=O) groups excluding carboxylic acids is 3. The van der Waals surface area contributed by atoms with Crippen molar-refractivity contribution in [3.63, 3.8) is 0 Å². The van der Waals surface area contributed by atoms with Crippen LogP contribution < -0.4 is 0 Å². The van der Waals surface area contributed by atoms with Gasteiger partial charge in [0, 0.05) is 18.7 Å². The average molecular weight is 267 g/mol. The van der Waals surface area contributed by atoms with E-state index in [4.69, 9.17) is 0 Å². The molecule has 0 N–H and O–H groups in total. The van der Waals surface area contributed by atoms with Crippen molar-refractivity contribution in [3.8, 4) is 0 Å². The quantitative estimate of drug-likeness (QED) is 0.459. The molecule has 1 atom stereocenters. The Morgan fingerprint density at radius 2 is 2.05 bits per heavy atom. The number of hydrogen-bond acceptors (Lipinski definition) is 5. The molecular formula is C13H14FNO4. The van der Waals surface area contributed by atoms with Gasteiger partial charge in [-0.05, 0) is 19.9 Å². The third-order valence-electron chi connectivity index (χ3n) is 2.60. The van der Waals surface area contributed by atoms with Gasteiger partial charge in [0.2, 0.25) is 0 Å². The first-order valence-electron chi connectivity index (χ1n) is 5.65. The molecule has 6 heteroatoms. The average Bonchev–Trinajstić information content (AvgIpc) is 2.37. The van der Waals surface area contributed by atoms with Gasteiger partial charge in [-0.3, -0.25) is 19.4 Å². The number of pyridine rings is 1. The molecule has 0 aromatic carbocycles. The number of aryl methyl sites for hydroxylation is 1. The Morgan fingerprint density at radius 1 is 1.42 bits per heavy atom. The standard InChI is InChI=1S/C13H14FNO4/c1-7(12(17)6-19-9(3)16)13(18)10-4-11(14)8(2)15-5-10/h4-5,7H,6H2,1-3H3. The number of nitrogens with zero attached hydrogens (tertiary/aromatic N) is 1. The van der Waals surface area contributed by atoms with E-state index in [-0.39, 0.29) is 11.3 Å². The van der Waals surface area contributed by atoms with Crippen molar-refractivity contribution >= 4 is 17.5 Å². The Hall–Kier alpha value is -2.11. The van der Waals surface area contributed by atoms with E-state index in [1.807, 2.05) is 0 Å². The Morgan fingerprint density at radius 3 is 2.58 bits per heavy atom. The molecule has 0 aliphatic heterocycles. The largest absolute Gasteiger partial charge is 0.458 e. The third kappa shape index (κ3) is 3.94. The van der Waals surface area contributed by atoms with Crippen LogP contribution in [0.1, 0.15) is 29.9 Å². The highest BCUT2D eigenvalue weighted by Gasteiger charge is 2.24. The van der Waals surface area contributed by atoms with Gasteiger partial charge in [-0.2, -0.15) is 0 Å². The van der Waals surface area contributed by atoms with Gasteiger partial charge in [0.25, 0.3) is 0 Å². The van der Waals surface area contributed by atoms with Gasteiger partial charge in [0.05, 0.1) is 11.6 Å². The fraction of sp³-hybridized carbons (Fsp3) is 0.385. The first-order chi connectivity index (χ1) is 8.82. The van der Waals surface area contributed by atoms with Crippen molar-refractivity contribution < 1.29 is 23.5 Å². The van der Waals surface area contributed by atoms with Crippen LogP contribution in [0, 0.1) is 18.7 Å². The maximum atomic E-state index is 13.3. The van der Waals surface area contributed by atoms with Crippen LogP contribution in [-0.4, -0.2) is 29.1 Å². The lowest BCUT2D eigenvalue weighted by atomic mass is 9.96. The number of Topliss-reactive ketones (excluding diaryl/α,β-unsaturated/α-hetero) is 2. The molecule has 0 aliphatic rings. The van der Waals surface area contributed by atoms with Gasteiger partial charge < -0.3 is 4.74 Å². The van der Waals surface area contributed by atoms with E-state index >= 15 is 0 Å². The molecule has 0 amide bonds. The lowest BCUT2D eigenvalue weighted by Crippen LogP contribution is -2.26. The van der Waals surface area contributed by atoms with Crippen LogP contribution in [0.15, 0.2) is 12.3 Å². The molecule has 0 radical (unpaired) electrons. The molecule has 0 saturated carbocycles. The fourth-order valence-electron chi connectivity index (χ4n) is 1.33. The van der Waals surface area contributed by atoms with Crippen LogP contribution >= 0.6 is 0 Å². The van der Waals surface area contributed by atoms with E-state index in [0.717, 1.165) is 6.07 Å². The maximum Gasteiger partial charge on any atom is 0.303 e. The number of ether oxygens (including phenoxy) is 1. The van der Waals surface area contributed by atoms with Crippen LogP contribution in [0.25, 0.3) is 0 Å². The zero-order chi connectivity index (χ0) is 14.6. The van der Waals surface area contributed by atoms with Crippen LogP contribution in [0.4, 0.5) is 4.39 Å². The minimum absolute atomic E-state index is 0.0202. The molecular weight excluding hydrogens is 253 g/mol. The number of halogens is 1. The smallest absolute Gasteiger partial charge is 0.303 e. The molecule has 102 valence electrons. The summed E-state index contributed by atoms with van der Waals surface area (Å²) in [6.45, 7) is 3.55. The first kappa shape index (κ1) is 14.9. The van der Waals surface area contributed by atoms with Crippen molar-refractivity contribution in [2.24, 2.45) is 5.92 Å². The van der Waals surface area contributed by atoms with Crippen molar-refractivity contribution in [3.05, 3.63) is 29.3 Å². The molecule has 1 heterocycles. The molecule has 0 aliphatic carbocycles. The van der Waals surface area contributed by atoms with Crippen molar-refractivity contribution in [1.29, 1.82) is 0 Å². The summed E-state index contributed by atoms with van der Waals surface area (Å²) in [5.41, 5.74) is 0.196. The number of aromatic nitrogens is 1. The lowest BCUT2D eigenvalue weighted by Gasteiger charge is -2.09. The highest BCUT2D eigenvalue weighted by Crippen LogP contribution is 2.12. The summed E-state index contributed by atoms with van der Waals surface area (Å²) < 4.78 is 17.8. The predicted molar refractivity (Wildman–Crippen MR) is 64.1 cm³/mol. The number of hydrogen-bond donors (Lipinski definition) is 0. The van der Waals surface area contributed by atoms with Crippen molar-refractivity contribution in [2.75, 3.05) is 6.61 Å². The second-order valence-electron chi connectivity index (χ2n) is 4.12. The minimum atomic E-state index is -1.01. The molecule has 1 aromatic heterocycles. The minimum Gasteiger partial charge on any atom is -0.458 e. The Kier molecular flexibility index (Phi) is 4.86. The number of carbonyl (C=O) groups is 3. The van der Waals surface area contributed by atoms with Crippen LogP contribution in [-0.2, 0) is 14.3 Å². The van der Waals surface area contributed by atoms with Gasteiger partial charge in [-0.1, -0.05) is 0 Å². The number of rotatable bonds is 5. The molecule has 0 spiro atoms. The normalized spacial score (nSPS) is 11.8. The van der Waals surface area contributed by atoms with Gasteiger partial charge in [-0.25, -0.2) is 4.39 Å². The lowest BCUT2D eigenvalue weighted by molar-refractivity contribution is -0.146. The van der Waals surface area contributed by atoms with Crippen molar-refractivity contribution in [1.82, 2.24) is 4.98 Å². The van der Waals surface area contributed by atoms with Gasteiger partial charge in [0.1, 0.15) is 5.82 Å². The SMILES string of the molecule is CC(=O)OCC(=O)C(C)C(=O)c1cnc(C)c(F)c1. The summed E-state index contributed by atoms with van der Waals surface area (Å²) in [7, 11) is 0. The second kappa shape index (κ2) is 6.17. The molecule has 5 nitrogen and oxygen atoms in total. The molecule has 1 aromatic rings.